The number of aromatic nitrogens is 2. The van der Waals surface area contributed by atoms with Gasteiger partial charge in [0.2, 0.25) is 0 Å². The van der Waals surface area contributed by atoms with Crippen LogP contribution in [0, 0.1) is 0 Å². The highest BCUT2D eigenvalue weighted by molar-refractivity contribution is 5.92. The monoisotopic (exact) mass is 269 g/mol. The molecule has 2 rings (SSSR count). The summed E-state index contributed by atoms with van der Waals surface area (Å²) in [4.78, 5) is 8.22. The number of anilines is 1. The molecule has 1 aromatic heterocycles. The number of rotatable bonds is 4. The van der Waals surface area contributed by atoms with Gasteiger partial charge in [-0.05, 0) is 25.1 Å². The molecule has 0 spiro atoms. The van der Waals surface area contributed by atoms with Crippen LogP contribution in [0.4, 0.5) is 5.82 Å². The quantitative estimate of drug-likeness (QED) is 0.587. The Balaban J connectivity index is 2.51. The molecule has 0 saturated heterocycles. The Labute approximate surface area is 116 Å². The van der Waals surface area contributed by atoms with E-state index in [1.54, 1.807) is 12.2 Å². The number of nitrogens with zero attached hydrogens (tertiary/aromatic N) is 2. The van der Waals surface area contributed by atoms with Crippen molar-refractivity contribution in [3.05, 3.63) is 55.0 Å². The Morgan fingerprint density at radius 2 is 2.00 bits per heavy atom. The average Bonchev–Trinajstić information content (AvgIpc) is 2.41. The molecule has 1 heterocycles. The van der Waals surface area contributed by atoms with Gasteiger partial charge in [0.25, 0.3) is 0 Å². The van der Waals surface area contributed by atoms with Gasteiger partial charge in [-0.25, -0.2) is 9.97 Å². The summed E-state index contributed by atoms with van der Waals surface area (Å²) in [5, 5.41) is 22.8. The van der Waals surface area contributed by atoms with Gasteiger partial charge < -0.3 is 15.5 Å². The third-order valence-electron chi connectivity index (χ3n) is 2.64. The summed E-state index contributed by atoms with van der Waals surface area (Å²) in [7, 11) is 0. The second-order valence-electron chi connectivity index (χ2n) is 4.06. The van der Waals surface area contributed by atoms with Gasteiger partial charge in [-0.1, -0.05) is 18.7 Å². The summed E-state index contributed by atoms with van der Waals surface area (Å²) in [5.74, 6) is 0.115. The minimum Gasteiger partial charge on any atom is -0.504 e. The predicted molar refractivity (Wildman–Crippen MR) is 79.6 cm³/mol. The van der Waals surface area contributed by atoms with Crippen molar-refractivity contribution in [2.75, 3.05) is 5.32 Å². The Kier molecular flexibility index (Phi) is 4.00. The molecular weight excluding hydrogens is 254 g/mol. The molecule has 0 radical (unpaired) electrons. The van der Waals surface area contributed by atoms with Crippen LogP contribution in [-0.4, -0.2) is 20.2 Å². The van der Waals surface area contributed by atoms with Gasteiger partial charge in [0, 0.05) is 17.1 Å². The topological polar surface area (TPSA) is 78.3 Å². The van der Waals surface area contributed by atoms with Crippen LogP contribution in [-0.2, 0) is 0 Å². The van der Waals surface area contributed by atoms with Crippen LogP contribution < -0.4 is 5.32 Å². The number of aromatic hydroxyl groups is 2. The molecule has 102 valence electrons. The van der Waals surface area contributed by atoms with E-state index >= 15 is 0 Å². The minimum atomic E-state index is -0.212. The molecule has 5 nitrogen and oxygen atoms in total. The van der Waals surface area contributed by atoms with Crippen LogP contribution >= 0.6 is 0 Å². The number of hydrogen-bond acceptors (Lipinski definition) is 5. The zero-order valence-electron chi connectivity index (χ0n) is 11.0. The molecule has 0 amide bonds. The number of nitrogens with one attached hydrogen (secondary N) is 1. The highest BCUT2D eigenvalue weighted by Crippen LogP contribution is 2.32. The number of hydrogen-bond donors (Lipinski definition) is 3. The molecule has 2 aromatic rings. The first-order valence-corrected chi connectivity index (χ1v) is 6.05. The third-order valence-corrected chi connectivity index (χ3v) is 2.64. The maximum Gasteiger partial charge on any atom is 0.159 e. The van der Waals surface area contributed by atoms with Crippen LogP contribution in [0.3, 0.4) is 0 Å². The Hall–Kier alpha value is -2.82. The standard InChI is InChI=1S/C15H15N3O2/c1-3-5-10(6-4-2)18-15-11-7-13(19)14(20)8-12(11)16-9-17-15/h3-9,19-20H,1H2,2H3,(H,16,17,18)/b6-4-,10-5+. The fourth-order valence-electron chi connectivity index (χ4n) is 1.76. The molecule has 5 heteroatoms. The van der Waals surface area contributed by atoms with Crippen molar-refractivity contribution < 1.29 is 10.2 Å². The van der Waals surface area contributed by atoms with Crippen molar-refractivity contribution in [3.63, 3.8) is 0 Å². The second-order valence-corrected chi connectivity index (χ2v) is 4.06. The van der Waals surface area contributed by atoms with Crippen LogP contribution in [0.25, 0.3) is 10.9 Å². The van der Waals surface area contributed by atoms with Crippen molar-refractivity contribution in [2.45, 2.75) is 6.92 Å². The molecule has 0 aliphatic rings. The van der Waals surface area contributed by atoms with Gasteiger partial charge in [0.1, 0.15) is 12.1 Å². The SMILES string of the molecule is C=C/C=C(\C=C/C)Nc1ncnc2cc(O)c(O)cc12. The van der Waals surface area contributed by atoms with Crippen molar-refractivity contribution in [3.8, 4) is 11.5 Å². The molecule has 0 aliphatic heterocycles. The highest BCUT2D eigenvalue weighted by Gasteiger charge is 2.08. The number of fused-ring (bicyclic) bond motifs is 1. The second kappa shape index (κ2) is 5.88. The van der Waals surface area contributed by atoms with Gasteiger partial charge >= 0.3 is 0 Å². The first-order chi connectivity index (χ1) is 9.65. The van der Waals surface area contributed by atoms with E-state index < -0.39 is 0 Å². The number of benzene rings is 1. The van der Waals surface area contributed by atoms with E-state index in [0.717, 1.165) is 5.70 Å². The summed E-state index contributed by atoms with van der Waals surface area (Å²) in [6, 6.07) is 2.82. The first kappa shape index (κ1) is 13.6. The van der Waals surface area contributed by atoms with Crippen LogP contribution in [0.5, 0.6) is 11.5 Å². The van der Waals surface area contributed by atoms with E-state index in [9.17, 15) is 10.2 Å². The molecule has 0 bridgehead atoms. The van der Waals surface area contributed by atoms with Crippen LogP contribution in [0.1, 0.15) is 6.92 Å². The summed E-state index contributed by atoms with van der Waals surface area (Å²) in [6.45, 7) is 5.56. The maximum atomic E-state index is 9.60. The molecule has 0 aliphatic carbocycles. The van der Waals surface area contributed by atoms with Gasteiger partial charge in [-0.2, -0.15) is 0 Å². The fourth-order valence-corrected chi connectivity index (χ4v) is 1.76. The fraction of sp³-hybridized carbons (Fsp3) is 0.0667. The van der Waals surface area contributed by atoms with Crippen LogP contribution in [0.2, 0.25) is 0 Å². The molecule has 0 saturated carbocycles. The van der Waals surface area contributed by atoms with Gasteiger partial charge in [0.05, 0.1) is 5.52 Å². The minimum absolute atomic E-state index is 0.211. The Morgan fingerprint density at radius 1 is 1.25 bits per heavy atom. The molecule has 0 atom stereocenters. The van der Waals surface area contributed by atoms with Crippen molar-refractivity contribution >= 4 is 16.7 Å². The predicted octanol–water partition coefficient (Wildman–Crippen LogP) is 3.10. The number of phenols is 2. The number of phenolic OH excluding ortho intramolecular Hbond substituents is 2. The summed E-state index contributed by atoms with van der Waals surface area (Å²) >= 11 is 0. The molecule has 0 fully saturated rings. The van der Waals surface area contributed by atoms with E-state index in [1.807, 2.05) is 19.1 Å². The third kappa shape index (κ3) is 2.77. The van der Waals surface area contributed by atoms with E-state index in [0.29, 0.717) is 16.7 Å². The lowest BCUT2D eigenvalue weighted by molar-refractivity contribution is 0.405. The average molecular weight is 269 g/mol. The van der Waals surface area contributed by atoms with Crippen molar-refractivity contribution in [2.24, 2.45) is 0 Å². The first-order valence-electron chi connectivity index (χ1n) is 6.05. The summed E-state index contributed by atoms with van der Waals surface area (Å²) < 4.78 is 0. The summed E-state index contributed by atoms with van der Waals surface area (Å²) in [6.07, 6.45) is 8.61. The molecule has 0 unspecified atom stereocenters. The lowest BCUT2D eigenvalue weighted by Gasteiger charge is -2.09. The molecule has 20 heavy (non-hydrogen) atoms. The van der Waals surface area contributed by atoms with Crippen molar-refractivity contribution in [1.82, 2.24) is 9.97 Å². The van der Waals surface area contributed by atoms with Gasteiger partial charge in [-0.3, -0.25) is 0 Å². The Morgan fingerprint density at radius 3 is 2.70 bits per heavy atom. The number of allylic oxidation sites excluding steroid dienone is 4. The highest BCUT2D eigenvalue weighted by atomic mass is 16.3. The zero-order valence-corrected chi connectivity index (χ0v) is 11.0. The lowest BCUT2D eigenvalue weighted by Crippen LogP contribution is -2.00. The van der Waals surface area contributed by atoms with Crippen LogP contribution in [0.15, 0.2) is 55.0 Å². The molecular formula is C15H15N3O2. The lowest BCUT2D eigenvalue weighted by atomic mass is 10.2. The summed E-state index contributed by atoms with van der Waals surface area (Å²) in [5.41, 5.74) is 1.34. The van der Waals surface area contributed by atoms with Gasteiger partial charge in [-0.15, -0.1) is 0 Å². The van der Waals surface area contributed by atoms with E-state index in [1.165, 1.54) is 18.5 Å². The zero-order chi connectivity index (χ0) is 14.5. The van der Waals surface area contributed by atoms with Gasteiger partial charge in [0.15, 0.2) is 11.5 Å². The van der Waals surface area contributed by atoms with Crippen molar-refractivity contribution in [1.29, 1.82) is 0 Å². The molecule has 3 N–H and O–H groups in total. The van der Waals surface area contributed by atoms with E-state index in [-0.39, 0.29) is 11.5 Å². The molecule has 1 aromatic carbocycles. The Bertz CT molecular complexity index is 706. The smallest absolute Gasteiger partial charge is 0.159 e. The van der Waals surface area contributed by atoms with E-state index in [2.05, 4.69) is 21.9 Å². The van der Waals surface area contributed by atoms with E-state index in [4.69, 9.17) is 0 Å². The normalized spacial score (nSPS) is 11.9. The largest absolute Gasteiger partial charge is 0.504 e. The maximum absolute atomic E-state index is 9.60.